The first-order valence-electron chi connectivity index (χ1n) is 8.25. The summed E-state index contributed by atoms with van der Waals surface area (Å²) in [5.41, 5.74) is 1.02. The first kappa shape index (κ1) is 22.0. The van der Waals surface area contributed by atoms with Gasteiger partial charge in [-0.25, -0.2) is 9.98 Å². The maximum Gasteiger partial charge on any atom is 0.219 e. The van der Waals surface area contributed by atoms with Crippen LogP contribution in [-0.2, 0) is 6.54 Å². The fourth-order valence-corrected chi connectivity index (χ4v) is 2.33. The number of aliphatic imine (C=N–C) groups is 1. The quantitative estimate of drug-likeness (QED) is 0.365. The van der Waals surface area contributed by atoms with Crippen molar-refractivity contribution in [3.63, 3.8) is 0 Å². The van der Waals surface area contributed by atoms with E-state index >= 15 is 0 Å². The van der Waals surface area contributed by atoms with Gasteiger partial charge < -0.3 is 19.3 Å². The van der Waals surface area contributed by atoms with Crippen molar-refractivity contribution in [2.45, 2.75) is 13.5 Å². The second-order valence-corrected chi connectivity index (χ2v) is 5.89. The standard InChI is InChI=1S/C19H26N4O2.HI/c1-6-24-16-9-7-8-10-17(16)25-18-12-11-15(13-20-18)14-21-19(22(2)3)23(4)5;/h7-13H,6,14H2,1-5H3;1H. The molecule has 0 amide bonds. The molecule has 0 aliphatic rings. The highest BCUT2D eigenvalue weighted by molar-refractivity contribution is 14.0. The molecule has 2 rings (SSSR count). The van der Waals surface area contributed by atoms with Gasteiger partial charge in [-0.05, 0) is 24.6 Å². The highest BCUT2D eigenvalue weighted by Gasteiger charge is 2.07. The average molecular weight is 470 g/mol. The molecule has 0 saturated carbocycles. The van der Waals surface area contributed by atoms with Gasteiger partial charge in [0.15, 0.2) is 17.5 Å². The van der Waals surface area contributed by atoms with Gasteiger partial charge >= 0.3 is 0 Å². The molecule has 0 aliphatic carbocycles. The Labute approximate surface area is 172 Å². The van der Waals surface area contributed by atoms with Gasteiger partial charge in [0.2, 0.25) is 5.88 Å². The molecule has 6 nitrogen and oxygen atoms in total. The third kappa shape index (κ3) is 6.36. The van der Waals surface area contributed by atoms with Crippen molar-refractivity contribution in [2.75, 3.05) is 34.8 Å². The molecule has 7 heteroatoms. The molecule has 0 aliphatic heterocycles. The minimum absolute atomic E-state index is 0. The van der Waals surface area contributed by atoms with Gasteiger partial charge in [0.05, 0.1) is 13.2 Å². The van der Waals surface area contributed by atoms with Gasteiger partial charge in [0.25, 0.3) is 0 Å². The number of halogens is 1. The van der Waals surface area contributed by atoms with Crippen molar-refractivity contribution in [2.24, 2.45) is 4.99 Å². The van der Waals surface area contributed by atoms with E-state index in [1.165, 1.54) is 0 Å². The van der Waals surface area contributed by atoms with Crippen molar-refractivity contribution in [3.8, 4) is 17.4 Å². The van der Waals surface area contributed by atoms with Crippen molar-refractivity contribution in [1.29, 1.82) is 0 Å². The van der Waals surface area contributed by atoms with Crippen LogP contribution in [0.5, 0.6) is 17.4 Å². The molecule has 1 aromatic heterocycles. The zero-order chi connectivity index (χ0) is 18.2. The fourth-order valence-electron chi connectivity index (χ4n) is 2.33. The molecule has 2 aromatic rings. The molecule has 26 heavy (non-hydrogen) atoms. The van der Waals surface area contributed by atoms with Crippen LogP contribution in [0.3, 0.4) is 0 Å². The van der Waals surface area contributed by atoms with E-state index in [2.05, 4.69) is 9.98 Å². The van der Waals surface area contributed by atoms with Crippen LogP contribution >= 0.6 is 24.0 Å². The lowest BCUT2D eigenvalue weighted by molar-refractivity contribution is 0.319. The van der Waals surface area contributed by atoms with E-state index in [0.29, 0.717) is 30.5 Å². The summed E-state index contributed by atoms with van der Waals surface area (Å²) >= 11 is 0. The van der Waals surface area contributed by atoms with Gasteiger partial charge in [-0.15, -0.1) is 24.0 Å². The van der Waals surface area contributed by atoms with Crippen molar-refractivity contribution in [1.82, 2.24) is 14.8 Å². The number of hydrogen-bond acceptors (Lipinski definition) is 4. The van der Waals surface area contributed by atoms with Crippen LogP contribution in [-0.4, -0.2) is 55.5 Å². The maximum atomic E-state index is 5.83. The van der Waals surface area contributed by atoms with E-state index in [0.717, 1.165) is 11.5 Å². The molecule has 1 aromatic carbocycles. The SMILES string of the molecule is CCOc1ccccc1Oc1ccc(CN=C(N(C)C)N(C)C)cn1.I. The van der Waals surface area contributed by atoms with E-state index in [9.17, 15) is 0 Å². The zero-order valence-corrected chi connectivity index (χ0v) is 18.3. The number of benzene rings is 1. The zero-order valence-electron chi connectivity index (χ0n) is 16.0. The summed E-state index contributed by atoms with van der Waals surface area (Å²) in [4.78, 5) is 12.9. The van der Waals surface area contributed by atoms with Gasteiger partial charge in [0.1, 0.15) is 0 Å². The molecule has 0 bridgehead atoms. The van der Waals surface area contributed by atoms with Crippen LogP contribution in [0.25, 0.3) is 0 Å². The Kier molecular flexibility index (Phi) is 9.18. The predicted molar refractivity (Wildman–Crippen MR) is 116 cm³/mol. The number of aromatic nitrogens is 1. The number of pyridine rings is 1. The number of hydrogen-bond donors (Lipinski definition) is 0. The Morgan fingerprint density at radius 3 is 2.19 bits per heavy atom. The molecule has 0 atom stereocenters. The van der Waals surface area contributed by atoms with E-state index in [1.54, 1.807) is 6.20 Å². The van der Waals surface area contributed by atoms with Crippen molar-refractivity contribution in [3.05, 3.63) is 48.2 Å². The van der Waals surface area contributed by atoms with Crippen molar-refractivity contribution < 1.29 is 9.47 Å². The van der Waals surface area contributed by atoms with Crippen LogP contribution in [0.1, 0.15) is 12.5 Å². The van der Waals surface area contributed by atoms with Crippen molar-refractivity contribution >= 4 is 29.9 Å². The smallest absolute Gasteiger partial charge is 0.219 e. The highest BCUT2D eigenvalue weighted by Crippen LogP contribution is 2.30. The molecule has 142 valence electrons. The van der Waals surface area contributed by atoms with Crippen LogP contribution < -0.4 is 9.47 Å². The third-order valence-electron chi connectivity index (χ3n) is 3.36. The molecule has 0 radical (unpaired) electrons. The normalized spacial score (nSPS) is 9.73. The second kappa shape index (κ2) is 10.8. The van der Waals surface area contributed by atoms with Crippen LogP contribution in [0.2, 0.25) is 0 Å². The van der Waals surface area contributed by atoms with Crippen LogP contribution in [0.4, 0.5) is 0 Å². The summed E-state index contributed by atoms with van der Waals surface area (Å²) < 4.78 is 11.4. The Morgan fingerprint density at radius 1 is 1.00 bits per heavy atom. The van der Waals surface area contributed by atoms with E-state index < -0.39 is 0 Å². The minimum Gasteiger partial charge on any atom is -0.490 e. The van der Waals surface area contributed by atoms with Gasteiger partial charge in [-0.3, -0.25) is 0 Å². The summed E-state index contributed by atoms with van der Waals surface area (Å²) in [6.45, 7) is 3.10. The van der Waals surface area contributed by atoms with Gasteiger partial charge in [-0.2, -0.15) is 0 Å². The molecule has 0 saturated heterocycles. The van der Waals surface area contributed by atoms with E-state index in [-0.39, 0.29) is 24.0 Å². The summed E-state index contributed by atoms with van der Waals surface area (Å²) in [7, 11) is 7.90. The number of para-hydroxylation sites is 2. The van der Waals surface area contributed by atoms with E-state index in [4.69, 9.17) is 9.47 Å². The molecular weight excluding hydrogens is 443 g/mol. The Bertz CT molecular complexity index is 693. The lowest BCUT2D eigenvalue weighted by Gasteiger charge is -2.22. The molecular formula is C19H27IN4O2. The summed E-state index contributed by atoms with van der Waals surface area (Å²) in [6, 6.07) is 11.4. The number of rotatable bonds is 6. The average Bonchev–Trinajstić information content (AvgIpc) is 2.58. The maximum absolute atomic E-state index is 5.83. The Hall–Kier alpha value is -2.03. The first-order valence-corrected chi connectivity index (χ1v) is 8.25. The van der Waals surface area contributed by atoms with E-state index in [1.807, 2.05) is 81.3 Å². The lowest BCUT2D eigenvalue weighted by Crippen LogP contribution is -2.35. The number of nitrogens with zero attached hydrogens (tertiary/aromatic N) is 4. The Morgan fingerprint density at radius 2 is 1.65 bits per heavy atom. The number of guanidine groups is 1. The van der Waals surface area contributed by atoms with Crippen LogP contribution in [0.15, 0.2) is 47.6 Å². The lowest BCUT2D eigenvalue weighted by atomic mass is 10.3. The first-order chi connectivity index (χ1) is 12.0. The molecule has 0 spiro atoms. The summed E-state index contributed by atoms with van der Waals surface area (Å²) in [5.74, 6) is 2.80. The van der Waals surface area contributed by atoms with Gasteiger partial charge in [0, 0.05) is 40.5 Å². The molecule has 0 unspecified atom stereocenters. The number of ether oxygens (including phenoxy) is 2. The summed E-state index contributed by atoms with van der Waals surface area (Å²) in [6.07, 6.45) is 1.78. The molecule has 0 N–H and O–H groups in total. The van der Waals surface area contributed by atoms with Gasteiger partial charge in [-0.1, -0.05) is 18.2 Å². The summed E-state index contributed by atoms with van der Waals surface area (Å²) in [5, 5.41) is 0. The Balaban J connectivity index is 0.00000338. The minimum atomic E-state index is 0. The fraction of sp³-hybridized carbons (Fsp3) is 0.368. The highest BCUT2D eigenvalue weighted by atomic mass is 127. The molecule has 0 fully saturated rings. The molecule has 1 heterocycles. The monoisotopic (exact) mass is 470 g/mol. The largest absolute Gasteiger partial charge is 0.490 e. The van der Waals surface area contributed by atoms with Crippen LogP contribution in [0, 0.1) is 0 Å². The predicted octanol–water partition coefficient (Wildman–Crippen LogP) is 3.87. The third-order valence-corrected chi connectivity index (χ3v) is 3.36. The second-order valence-electron chi connectivity index (χ2n) is 5.89. The topological polar surface area (TPSA) is 50.2 Å².